The van der Waals surface area contributed by atoms with Crippen molar-refractivity contribution in [2.45, 2.75) is 32.3 Å². The first kappa shape index (κ1) is 14.5. The maximum atomic E-state index is 13.0. The first-order valence-corrected chi connectivity index (χ1v) is 6.77. The summed E-state index contributed by atoms with van der Waals surface area (Å²) < 4.78 is 38.9. The first-order valence-electron chi connectivity index (χ1n) is 6.24. The van der Waals surface area contributed by atoms with Crippen LogP contribution in [0.4, 0.5) is 18.9 Å². The van der Waals surface area contributed by atoms with Gasteiger partial charge in [0.25, 0.3) is 0 Å². The molecule has 19 heavy (non-hydrogen) atoms. The molecule has 0 aromatic heterocycles. The fourth-order valence-corrected chi connectivity index (χ4v) is 2.71. The lowest BCUT2D eigenvalue weighted by Crippen LogP contribution is -2.23. The predicted molar refractivity (Wildman–Crippen MR) is 71.6 cm³/mol. The van der Waals surface area contributed by atoms with Gasteiger partial charge in [0.1, 0.15) is 0 Å². The van der Waals surface area contributed by atoms with Crippen molar-refractivity contribution in [1.29, 1.82) is 0 Å². The third kappa shape index (κ3) is 3.16. The molecule has 1 fully saturated rings. The van der Waals surface area contributed by atoms with E-state index in [9.17, 15) is 13.2 Å². The molecule has 1 aromatic rings. The van der Waals surface area contributed by atoms with Crippen molar-refractivity contribution in [2.75, 3.05) is 18.0 Å². The third-order valence-electron chi connectivity index (χ3n) is 3.59. The van der Waals surface area contributed by atoms with E-state index in [0.29, 0.717) is 5.69 Å². The molecule has 106 valence electrons. The summed E-state index contributed by atoms with van der Waals surface area (Å²) in [5, 5.41) is 0. The largest absolute Gasteiger partial charge is 0.416 e. The van der Waals surface area contributed by atoms with E-state index in [-0.39, 0.29) is 16.9 Å². The van der Waals surface area contributed by atoms with E-state index in [1.54, 1.807) is 6.07 Å². The summed E-state index contributed by atoms with van der Waals surface area (Å²) in [7, 11) is 0. The van der Waals surface area contributed by atoms with Crippen molar-refractivity contribution in [3.05, 3.63) is 29.3 Å². The minimum Gasteiger partial charge on any atom is -0.371 e. The number of nitrogens with zero attached hydrogens (tertiary/aromatic N) is 1. The Morgan fingerprint density at radius 1 is 1.32 bits per heavy atom. The van der Waals surface area contributed by atoms with E-state index in [1.165, 1.54) is 12.1 Å². The molecule has 1 heterocycles. The monoisotopic (exact) mass is 291 g/mol. The smallest absolute Gasteiger partial charge is 0.371 e. The zero-order valence-electron chi connectivity index (χ0n) is 11.0. The van der Waals surface area contributed by atoms with Crippen molar-refractivity contribution in [2.24, 2.45) is 5.41 Å². The lowest BCUT2D eigenvalue weighted by molar-refractivity contribution is -0.138. The molecule has 0 unspecified atom stereocenters. The summed E-state index contributed by atoms with van der Waals surface area (Å²) in [5.41, 5.74) is 0.302. The number of anilines is 1. The van der Waals surface area contributed by atoms with Crippen LogP contribution >= 0.6 is 11.6 Å². The van der Waals surface area contributed by atoms with Gasteiger partial charge in [0.05, 0.1) is 5.56 Å². The highest BCUT2D eigenvalue weighted by atomic mass is 35.5. The Morgan fingerprint density at radius 3 is 2.47 bits per heavy atom. The van der Waals surface area contributed by atoms with Crippen LogP contribution in [-0.4, -0.2) is 13.1 Å². The number of rotatable bonds is 2. The lowest BCUT2D eigenvalue weighted by atomic mass is 9.93. The predicted octanol–water partition coefficient (Wildman–Crippen LogP) is 4.68. The highest BCUT2D eigenvalue weighted by molar-refractivity contribution is 6.17. The number of hydrogen-bond donors (Lipinski definition) is 0. The van der Waals surface area contributed by atoms with Gasteiger partial charge in [-0.05, 0) is 29.5 Å². The molecular formula is C14H17ClF3N. The molecular weight excluding hydrogens is 275 g/mol. The van der Waals surface area contributed by atoms with E-state index >= 15 is 0 Å². The van der Waals surface area contributed by atoms with Gasteiger partial charge >= 0.3 is 6.18 Å². The summed E-state index contributed by atoms with van der Waals surface area (Å²) in [5.74, 6) is -0.124. The summed E-state index contributed by atoms with van der Waals surface area (Å²) in [6.07, 6.45) is -3.36. The summed E-state index contributed by atoms with van der Waals surface area (Å²) in [4.78, 5) is 2.01. The standard InChI is InChI=1S/C14H17ClF3N/c1-13(2)5-6-19(9-13)11-4-3-10(8-15)12(7-11)14(16,17)18/h3-4,7H,5-6,8-9H2,1-2H3. The Labute approximate surface area is 116 Å². The minimum atomic E-state index is -4.35. The summed E-state index contributed by atoms with van der Waals surface area (Å²) in [6.45, 7) is 5.84. The van der Waals surface area contributed by atoms with Crippen LogP contribution in [-0.2, 0) is 12.1 Å². The van der Waals surface area contributed by atoms with Crippen LogP contribution in [0, 0.1) is 5.41 Å². The molecule has 0 bridgehead atoms. The second-order valence-electron chi connectivity index (χ2n) is 5.81. The van der Waals surface area contributed by atoms with Gasteiger partial charge in [-0.1, -0.05) is 19.9 Å². The zero-order valence-corrected chi connectivity index (χ0v) is 11.8. The lowest BCUT2D eigenvalue weighted by Gasteiger charge is -2.23. The second kappa shape index (κ2) is 4.89. The highest BCUT2D eigenvalue weighted by Gasteiger charge is 2.35. The van der Waals surface area contributed by atoms with Crippen LogP contribution < -0.4 is 4.90 Å². The van der Waals surface area contributed by atoms with Crippen molar-refractivity contribution < 1.29 is 13.2 Å². The molecule has 1 aromatic carbocycles. The van der Waals surface area contributed by atoms with Crippen LogP contribution in [0.5, 0.6) is 0 Å². The van der Waals surface area contributed by atoms with E-state index < -0.39 is 11.7 Å². The van der Waals surface area contributed by atoms with Crippen LogP contribution in [0.15, 0.2) is 18.2 Å². The third-order valence-corrected chi connectivity index (χ3v) is 3.87. The van der Waals surface area contributed by atoms with Crippen LogP contribution in [0.3, 0.4) is 0 Å². The van der Waals surface area contributed by atoms with Crippen molar-refractivity contribution in [3.63, 3.8) is 0 Å². The van der Waals surface area contributed by atoms with Gasteiger partial charge in [-0.25, -0.2) is 0 Å². The molecule has 0 amide bonds. The number of alkyl halides is 4. The molecule has 1 saturated heterocycles. The molecule has 0 radical (unpaired) electrons. The molecule has 5 heteroatoms. The molecule has 1 aliphatic rings. The average Bonchev–Trinajstić information content (AvgIpc) is 2.68. The molecule has 1 nitrogen and oxygen atoms in total. The minimum absolute atomic E-state index is 0.124. The normalized spacial score (nSPS) is 18.9. The van der Waals surface area contributed by atoms with Crippen molar-refractivity contribution in [3.8, 4) is 0 Å². The van der Waals surface area contributed by atoms with Gasteiger partial charge < -0.3 is 4.90 Å². The molecule has 0 atom stereocenters. The average molecular weight is 292 g/mol. The van der Waals surface area contributed by atoms with Crippen LogP contribution in [0.1, 0.15) is 31.4 Å². The van der Waals surface area contributed by atoms with E-state index in [0.717, 1.165) is 19.5 Å². The zero-order chi connectivity index (χ0) is 14.3. The topological polar surface area (TPSA) is 3.24 Å². The van der Waals surface area contributed by atoms with Crippen LogP contribution in [0.25, 0.3) is 0 Å². The Morgan fingerprint density at radius 2 is 2.00 bits per heavy atom. The van der Waals surface area contributed by atoms with E-state index in [2.05, 4.69) is 13.8 Å². The number of benzene rings is 1. The second-order valence-corrected chi connectivity index (χ2v) is 6.08. The van der Waals surface area contributed by atoms with Crippen molar-refractivity contribution in [1.82, 2.24) is 0 Å². The summed E-state index contributed by atoms with van der Waals surface area (Å²) in [6, 6.07) is 4.43. The maximum Gasteiger partial charge on any atom is 0.416 e. The molecule has 0 spiro atoms. The summed E-state index contributed by atoms with van der Waals surface area (Å²) >= 11 is 5.58. The Hall–Kier alpha value is -0.900. The SMILES string of the molecule is CC1(C)CCN(c2ccc(CCl)c(C(F)(F)F)c2)C1. The maximum absolute atomic E-state index is 13.0. The fourth-order valence-electron chi connectivity index (χ4n) is 2.47. The van der Waals surface area contributed by atoms with Gasteiger partial charge in [0.2, 0.25) is 0 Å². The molecule has 0 aliphatic carbocycles. The Kier molecular flexibility index (Phi) is 3.74. The quantitative estimate of drug-likeness (QED) is 0.715. The number of halogens is 4. The van der Waals surface area contributed by atoms with Gasteiger partial charge in [0, 0.05) is 24.7 Å². The number of hydrogen-bond acceptors (Lipinski definition) is 1. The molecule has 1 aliphatic heterocycles. The molecule has 2 rings (SSSR count). The highest BCUT2D eigenvalue weighted by Crippen LogP contribution is 2.38. The van der Waals surface area contributed by atoms with Gasteiger partial charge in [-0.3, -0.25) is 0 Å². The van der Waals surface area contributed by atoms with Gasteiger partial charge in [-0.15, -0.1) is 11.6 Å². The Balaban J connectivity index is 2.34. The van der Waals surface area contributed by atoms with E-state index in [4.69, 9.17) is 11.6 Å². The molecule has 0 saturated carbocycles. The first-order chi connectivity index (χ1) is 8.73. The van der Waals surface area contributed by atoms with Gasteiger partial charge in [0.15, 0.2) is 0 Å². The fraction of sp³-hybridized carbons (Fsp3) is 0.571. The Bertz CT molecular complexity index is 468. The van der Waals surface area contributed by atoms with Gasteiger partial charge in [-0.2, -0.15) is 13.2 Å². The van der Waals surface area contributed by atoms with Crippen LogP contribution in [0.2, 0.25) is 0 Å². The van der Waals surface area contributed by atoms with E-state index in [1.807, 2.05) is 4.90 Å². The molecule has 0 N–H and O–H groups in total. The van der Waals surface area contributed by atoms with Crippen molar-refractivity contribution >= 4 is 17.3 Å².